The zero-order valence-electron chi connectivity index (χ0n) is 14.2. The van der Waals surface area contributed by atoms with Gasteiger partial charge in [0.2, 0.25) is 0 Å². The highest BCUT2D eigenvalue weighted by Gasteiger charge is 2.31. The van der Waals surface area contributed by atoms with Gasteiger partial charge in [-0.25, -0.2) is 4.98 Å². The molecule has 0 radical (unpaired) electrons. The third-order valence-corrected chi connectivity index (χ3v) is 4.53. The minimum absolute atomic E-state index is 0.0135. The van der Waals surface area contributed by atoms with Crippen molar-refractivity contribution in [2.45, 2.75) is 25.8 Å². The van der Waals surface area contributed by atoms with Crippen molar-refractivity contribution in [3.8, 4) is 0 Å². The van der Waals surface area contributed by atoms with Crippen molar-refractivity contribution in [3.63, 3.8) is 0 Å². The minimum atomic E-state index is -0.0135. The quantitative estimate of drug-likeness (QED) is 0.929. The number of aromatic amines is 1. The van der Waals surface area contributed by atoms with Crippen LogP contribution in [0.15, 0.2) is 18.5 Å². The van der Waals surface area contributed by atoms with Crippen LogP contribution in [0.2, 0.25) is 0 Å². The highest BCUT2D eigenvalue weighted by molar-refractivity contribution is 5.92. The lowest BCUT2D eigenvalue weighted by Crippen LogP contribution is -2.49. The van der Waals surface area contributed by atoms with E-state index >= 15 is 0 Å². The predicted octanol–water partition coefficient (Wildman–Crippen LogP) is 1.40. The molecule has 1 amide bonds. The number of rotatable bonds is 3. The molecular weight excluding hydrogens is 292 g/mol. The number of hydrogen-bond donors (Lipinski definition) is 1. The fourth-order valence-corrected chi connectivity index (χ4v) is 2.94. The number of carbonyl (C=O) groups excluding carboxylic acids is 1. The van der Waals surface area contributed by atoms with Crippen LogP contribution in [0.3, 0.4) is 0 Å². The first-order valence-corrected chi connectivity index (χ1v) is 7.99. The number of aromatic nitrogens is 4. The van der Waals surface area contributed by atoms with E-state index in [0.29, 0.717) is 24.7 Å². The van der Waals surface area contributed by atoms with Crippen molar-refractivity contribution in [2.75, 3.05) is 26.7 Å². The second kappa shape index (κ2) is 6.16. The number of amides is 1. The molecule has 23 heavy (non-hydrogen) atoms. The number of hydrogen-bond acceptors (Lipinski definition) is 4. The Morgan fingerprint density at radius 1 is 1.35 bits per heavy atom. The number of aryl methyl sites for hydroxylation is 1. The molecule has 0 saturated carbocycles. The van der Waals surface area contributed by atoms with E-state index in [4.69, 9.17) is 0 Å². The maximum atomic E-state index is 12.7. The van der Waals surface area contributed by atoms with Crippen molar-refractivity contribution in [1.29, 1.82) is 0 Å². The highest BCUT2D eigenvalue weighted by Crippen LogP contribution is 2.23. The minimum Gasteiger partial charge on any atom is -0.337 e. The van der Waals surface area contributed by atoms with Gasteiger partial charge < -0.3 is 9.47 Å². The van der Waals surface area contributed by atoms with E-state index in [2.05, 4.69) is 41.0 Å². The molecular formula is C16H24N6O. The topological polar surface area (TPSA) is 70.1 Å². The fraction of sp³-hybridized carbons (Fsp3) is 0.562. The molecule has 0 aliphatic carbocycles. The van der Waals surface area contributed by atoms with E-state index in [1.807, 2.05) is 28.8 Å². The summed E-state index contributed by atoms with van der Waals surface area (Å²) in [5.74, 6) is 1.30. The average Bonchev–Trinajstić information content (AvgIpc) is 3.16. The second-order valence-corrected chi connectivity index (χ2v) is 6.51. The summed E-state index contributed by atoms with van der Waals surface area (Å²) in [6.45, 7) is 6.32. The average molecular weight is 316 g/mol. The van der Waals surface area contributed by atoms with E-state index < -0.39 is 0 Å². The van der Waals surface area contributed by atoms with Crippen molar-refractivity contribution in [3.05, 3.63) is 35.7 Å². The van der Waals surface area contributed by atoms with Crippen molar-refractivity contribution in [2.24, 2.45) is 7.05 Å². The van der Waals surface area contributed by atoms with Gasteiger partial charge in [-0.3, -0.25) is 14.8 Å². The molecule has 7 nitrogen and oxygen atoms in total. The molecule has 7 heteroatoms. The summed E-state index contributed by atoms with van der Waals surface area (Å²) in [6.07, 6.45) is 3.74. The number of nitrogens with one attached hydrogen (secondary N) is 1. The molecule has 1 atom stereocenters. The van der Waals surface area contributed by atoms with Gasteiger partial charge >= 0.3 is 0 Å². The van der Waals surface area contributed by atoms with Gasteiger partial charge in [0.05, 0.1) is 6.04 Å². The Labute approximate surface area is 136 Å². The maximum absolute atomic E-state index is 12.7. The first-order chi connectivity index (χ1) is 11.0. The van der Waals surface area contributed by atoms with Crippen molar-refractivity contribution < 1.29 is 4.79 Å². The number of imidazole rings is 1. The summed E-state index contributed by atoms with van der Waals surface area (Å²) < 4.78 is 2.01. The first-order valence-electron chi connectivity index (χ1n) is 7.99. The van der Waals surface area contributed by atoms with Crippen LogP contribution in [-0.4, -0.2) is 62.1 Å². The summed E-state index contributed by atoms with van der Waals surface area (Å²) in [6, 6.07) is 1.97. The van der Waals surface area contributed by atoms with Crippen LogP contribution >= 0.6 is 0 Å². The summed E-state index contributed by atoms with van der Waals surface area (Å²) in [7, 11) is 4.06. The van der Waals surface area contributed by atoms with Crippen LogP contribution in [0.5, 0.6) is 0 Å². The fourth-order valence-electron chi connectivity index (χ4n) is 2.94. The number of likely N-dealkylation sites (N-methyl/N-ethyl adjacent to an activating group) is 1. The van der Waals surface area contributed by atoms with Crippen molar-refractivity contribution >= 4 is 5.91 Å². The number of carbonyl (C=O) groups is 1. The summed E-state index contributed by atoms with van der Waals surface area (Å²) in [5.41, 5.74) is 1.49. The first kappa shape index (κ1) is 15.7. The van der Waals surface area contributed by atoms with Crippen LogP contribution in [0, 0.1) is 0 Å². The van der Waals surface area contributed by atoms with Crippen LogP contribution < -0.4 is 0 Å². The summed E-state index contributed by atoms with van der Waals surface area (Å²) in [4.78, 5) is 21.3. The lowest BCUT2D eigenvalue weighted by atomic mass is 10.1. The van der Waals surface area contributed by atoms with E-state index in [1.54, 1.807) is 6.20 Å². The molecule has 124 valence electrons. The van der Waals surface area contributed by atoms with Gasteiger partial charge in [0, 0.05) is 44.8 Å². The lowest BCUT2D eigenvalue weighted by molar-refractivity contribution is 0.0523. The van der Waals surface area contributed by atoms with E-state index in [9.17, 15) is 4.79 Å². The highest BCUT2D eigenvalue weighted by atomic mass is 16.2. The Bertz CT molecular complexity index is 688. The Hall–Kier alpha value is -2.15. The Morgan fingerprint density at radius 3 is 2.74 bits per heavy atom. The van der Waals surface area contributed by atoms with E-state index in [-0.39, 0.29) is 11.9 Å². The van der Waals surface area contributed by atoms with Gasteiger partial charge in [0.1, 0.15) is 11.5 Å². The molecule has 2 aromatic heterocycles. The number of H-pyrrole nitrogens is 1. The van der Waals surface area contributed by atoms with Gasteiger partial charge in [0.25, 0.3) is 5.91 Å². The van der Waals surface area contributed by atoms with Gasteiger partial charge in [0.15, 0.2) is 0 Å². The van der Waals surface area contributed by atoms with E-state index in [1.165, 1.54) is 0 Å². The molecule has 0 spiro atoms. The predicted molar refractivity (Wildman–Crippen MR) is 87.2 cm³/mol. The van der Waals surface area contributed by atoms with E-state index in [0.717, 1.165) is 18.1 Å². The largest absolute Gasteiger partial charge is 0.337 e. The monoisotopic (exact) mass is 316 g/mol. The molecule has 1 N–H and O–H groups in total. The number of nitrogens with zero attached hydrogens (tertiary/aromatic N) is 5. The molecule has 0 unspecified atom stereocenters. The second-order valence-electron chi connectivity index (χ2n) is 6.51. The van der Waals surface area contributed by atoms with Crippen LogP contribution in [0.1, 0.15) is 47.8 Å². The van der Waals surface area contributed by atoms with Gasteiger partial charge in [-0.1, -0.05) is 13.8 Å². The maximum Gasteiger partial charge on any atom is 0.274 e. The Balaban J connectivity index is 1.77. The summed E-state index contributed by atoms with van der Waals surface area (Å²) >= 11 is 0. The Morgan fingerprint density at radius 2 is 2.13 bits per heavy atom. The summed E-state index contributed by atoms with van der Waals surface area (Å²) in [5, 5.41) is 7.14. The van der Waals surface area contributed by atoms with Gasteiger partial charge in [-0.15, -0.1) is 0 Å². The normalized spacial score (nSPS) is 19.5. The zero-order valence-corrected chi connectivity index (χ0v) is 14.2. The lowest BCUT2D eigenvalue weighted by Gasteiger charge is -2.38. The van der Waals surface area contributed by atoms with Crippen LogP contribution in [0.4, 0.5) is 0 Å². The molecule has 1 saturated heterocycles. The SMILES string of the molecule is CC(C)c1cc(C(=O)N2CCN(C)[C@@H](c3nccn3C)C2)n[nH]1. The molecule has 1 fully saturated rings. The third kappa shape index (κ3) is 3.01. The van der Waals surface area contributed by atoms with Crippen LogP contribution in [-0.2, 0) is 7.05 Å². The molecule has 1 aliphatic heterocycles. The molecule has 3 rings (SSSR count). The zero-order chi connectivity index (χ0) is 16.6. The Kier molecular flexibility index (Phi) is 4.21. The molecule has 0 bridgehead atoms. The molecule has 1 aliphatic rings. The van der Waals surface area contributed by atoms with Crippen molar-refractivity contribution in [1.82, 2.24) is 29.5 Å². The molecule has 0 aromatic carbocycles. The smallest absolute Gasteiger partial charge is 0.274 e. The molecule has 2 aromatic rings. The standard InChI is InChI=1S/C16H24N6O/c1-11(2)12-9-13(19-18-12)16(23)22-8-7-20(3)14(10-22)15-17-5-6-21(15)4/h5-6,9,11,14H,7-8,10H2,1-4H3,(H,18,19)/t14-/m1/s1. The van der Waals surface area contributed by atoms with Gasteiger partial charge in [-0.2, -0.15) is 5.10 Å². The molecule has 3 heterocycles. The van der Waals surface area contributed by atoms with Gasteiger partial charge in [-0.05, 0) is 19.0 Å². The third-order valence-electron chi connectivity index (χ3n) is 4.53. The number of piperazine rings is 1. The van der Waals surface area contributed by atoms with Crippen LogP contribution in [0.25, 0.3) is 0 Å².